The van der Waals surface area contributed by atoms with E-state index < -0.39 is 5.91 Å². The smallest absolute Gasteiger partial charge is 0.197 e. The summed E-state index contributed by atoms with van der Waals surface area (Å²) in [4.78, 5) is 0. The molecular weight excluding hydrogens is 789 g/mol. The maximum Gasteiger partial charge on any atom is 0.554 e. The third-order valence-electron chi connectivity index (χ3n) is 15.2. The molecule has 1 spiro atoms. The summed E-state index contributed by atoms with van der Waals surface area (Å²) in [5.74, 6) is -0.952. The van der Waals surface area contributed by atoms with Crippen molar-refractivity contribution < 1.29 is 9.15 Å². The number of nitrogens with zero attached hydrogens (tertiary/aromatic N) is 4. The van der Waals surface area contributed by atoms with E-state index in [1.807, 2.05) is 0 Å². The summed E-state index contributed by atoms with van der Waals surface area (Å²) < 4.78 is 11.3. The van der Waals surface area contributed by atoms with Crippen LogP contribution in [0.25, 0.3) is 44.5 Å². The molecule has 300 valence electrons. The quantitative estimate of drug-likeness (QED) is 0.124. The van der Waals surface area contributed by atoms with E-state index in [0.29, 0.717) is 0 Å². The first-order valence-electron chi connectivity index (χ1n) is 22.9. The summed E-state index contributed by atoms with van der Waals surface area (Å²) in [6.45, 7) is 0. The summed E-state index contributed by atoms with van der Waals surface area (Å²) in [6.07, 6.45) is 6.56. The van der Waals surface area contributed by atoms with Crippen molar-refractivity contribution in [1.82, 2.24) is 9.13 Å². The van der Waals surface area contributed by atoms with E-state index in [0.717, 1.165) is 12.8 Å². The van der Waals surface area contributed by atoms with Gasteiger partial charge in [0.05, 0.1) is 66.6 Å². The molecule has 4 heteroatoms. The average molecular weight is 827 g/mol. The molecule has 0 N–H and O–H groups in total. The molecule has 0 unspecified atom stereocenters. The van der Waals surface area contributed by atoms with Crippen molar-refractivity contribution in [3.63, 3.8) is 0 Å². The SMILES string of the molecule is C1=CCc2c(c3n4c2C(c2ccccc2)=C2c5ccccc5C5=[N+]2C42n4c(c6ccccc6c4=C5c4ccccc4)=C(c4ccccc4)C4=[N+]2C(=C3c2ccccc2)c2ccccc24)C1. The Hall–Kier alpha value is -8.34. The van der Waals surface area contributed by atoms with Crippen molar-refractivity contribution in [2.45, 2.75) is 18.8 Å². The number of rotatable bonds is 4. The molecule has 0 amide bonds. The maximum absolute atomic E-state index is 2.86. The first kappa shape index (κ1) is 34.2. The van der Waals surface area contributed by atoms with Crippen molar-refractivity contribution in [1.29, 1.82) is 0 Å². The standard InChI is InChI=1S/C61H38N4/c1-5-21-37(22-6-1)49-53-41-29-13-15-31-43(41)55-50(38-23-7-2-8-24-38)57-45-33-17-19-35-47(45)59-52(40-27-11-4-12-28-40)60-48-36-20-18-34-46(48)58-51(39-25-9-3-10-26-39)56-44-32-16-14-30-42(44)54(49)63(56)61(62(53)55,64(57)59)65(58)60/h1-33,35H,34,36H2/q+2. The summed E-state index contributed by atoms with van der Waals surface area (Å²) >= 11 is 0. The third-order valence-corrected chi connectivity index (χ3v) is 15.2. The zero-order valence-corrected chi connectivity index (χ0v) is 35.3. The van der Waals surface area contributed by atoms with Gasteiger partial charge in [-0.2, -0.15) is 9.13 Å². The normalized spacial score (nSPS) is 17.2. The molecule has 0 radical (unpaired) electrons. The Morgan fingerprint density at radius 3 is 1.08 bits per heavy atom. The van der Waals surface area contributed by atoms with Gasteiger partial charge in [0.25, 0.3) is 0 Å². The van der Waals surface area contributed by atoms with Gasteiger partial charge in [0.15, 0.2) is 0 Å². The fourth-order valence-electron chi connectivity index (χ4n) is 13.0. The monoisotopic (exact) mass is 826 g/mol. The van der Waals surface area contributed by atoms with Gasteiger partial charge >= 0.3 is 5.91 Å². The molecule has 0 saturated carbocycles. The Morgan fingerprint density at radius 2 is 0.677 bits per heavy atom. The Kier molecular flexibility index (Phi) is 6.32. The number of hydrogen-bond acceptors (Lipinski definition) is 0. The molecule has 8 heterocycles. The molecule has 0 saturated heterocycles. The van der Waals surface area contributed by atoms with E-state index in [-0.39, 0.29) is 0 Å². The zero-order chi connectivity index (χ0) is 42.1. The minimum Gasteiger partial charge on any atom is -0.197 e. The number of allylic oxidation sites excluding steroid dienone is 2. The molecule has 1 aliphatic carbocycles. The van der Waals surface area contributed by atoms with Crippen LogP contribution in [0.4, 0.5) is 0 Å². The second-order valence-electron chi connectivity index (χ2n) is 18.2. The topological polar surface area (TPSA) is 15.9 Å². The molecule has 4 nitrogen and oxygen atoms in total. The Labute approximate surface area is 375 Å². The van der Waals surface area contributed by atoms with Crippen LogP contribution >= 0.6 is 0 Å². The van der Waals surface area contributed by atoms with Crippen LogP contribution in [0.15, 0.2) is 206 Å². The van der Waals surface area contributed by atoms with Gasteiger partial charge in [0.1, 0.15) is 0 Å². The van der Waals surface area contributed by atoms with E-state index >= 15 is 0 Å². The number of fused-ring (bicyclic) bond motifs is 12. The predicted molar refractivity (Wildman–Crippen MR) is 260 cm³/mol. The number of aromatic nitrogens is 2. The van der Waals surface area contributed by atoms with Gasteiger partial charge in [-0.3, -0.25) is 0 Å². The molecule has 2 aromatic heterocycles. The highest BCUT2D eigenvalue weighted by molar-refractivity contribution is 6.36. The van der Waals surface area contributed by atoms with Crippen LogP contribution in [-0.2, 0) is 18.8 Å². The second-order valence-corrected chi connectivity index (χ2v) is 18.2. The largest absolute Gasteiger partial charge is 0.554 e. The number of benzene rings is 7. The van der Waals surface area contributed by atoms with Gasteiger partial charge in [-0.1, -0.05) is 191 Å². The van der Waals surface area contributed by atoms with Gasteiger partial charge in [-0.25, -0.2) is 0 Å². The Morgan fingerprint density at radius 1 is 0.338 bits per heavy atom. The highest BCUT2D eigenvalue weighted by atomic mass is 15.6. The highest BCUT2D eigenvalue weighted by Gasteiger charge is 2.76. The molecule has 65 heavy (non-hydrogen) atoms. The molecule has 0 atom stereocenters. The summed E-state index contributed by atoms with van der Waals surface area (Å²) in [5, 5.41) is 5.02. The first-order chi connectivity index (χ1) is 32.4. The van der Waals surface area contributed by atoms with Crippen molar-refractivity contribution >= 4 is 55.9 Å². The predicted octanol–water partition coefficient (Wildman–Crippen LogP) is 10.1. The molecule has 9 aromatic rings. The lowest BCUT2D eigenvalue weighted by molar-refractivity contribution is -0.805. The molecule has 6 aliphatic heterocycles. The van der Waals surface area contributed by atoms with Crippen LogP contribution < -0.4 is 10.7 Å². The third kappa shape index (κ3) is 3.86. The van der Waals surface area contributed by atoms with E-state index in [1.54, 1.807) is 0 Å². The van der Waals surface area contributed by atoms with Crippen LogP contribution in [0.3, 0.4) is 0 Å². The van der Waals surface area contributed by atoms with Gasteiger partial charge in [-0.15, -0.1) is 0 Å². The van der Waals surface area contributed by atoms with Crippen LogP contribution in [0.1, 0.15) is 67.0 Å². The van der Waals surface area contributed by atoms with Crippen LogP contribution in [0.5, 0.6) is 0 Å². The van der Waals surface area contributed by atoms with Gasteiger partial charge < -0.3 is 0 Å². The fourth-order valence-corrected chi connectivity index (χ4v) is 13.0. The zero-order valence-electron chi connectivity index (χ0n) is 35.3. The van der Waals surface area contributed by atoms with Crippen LogP contribution in [-0.4, -0.2) is 29.7 Å². The molecular formula is C61H38N4+2. The summed E-state index contributed by atoms with van der Waals surface area (Å²) in [5.41, 5.74) is 25.5. The van der Waals surface area contributed by atoms with Crippen molar-refractivity contribution in [2.75, 3.05) is 0 Å². The highest BCUT2D eigenvalue weighted by Crippen LogP contribution is 2.60. The molecule has 0 fully saturated rings. The molecule has 7 aliphatic rings. The molecule has 16 rings (SSSR count). The van der Waals surface area contributed by atoms with Crippen molar-refractivity contribution in [2.24, 2.45) is 0 Å². The van der Waals surface area contributed by atoms with Crippen molar-refractivity contribution in [3.05, 3.63) is 284 Å². The molecule has 7 aromatic carbocycles. The lowest BCUT2D eigenvalue weighted by Gasteiger charge is -2.41. The van der Waals surface area contributed by atoms with Gasteiger partial charge in [0, 0.05) is 10.8 Å². The first-order valence-corrected chi connectivity index (χ1v) is 22.9. The van der Waals surface area contributed by atoms with E-state index in [9.17, 15) is 0 Å². The number of hydrogen-bond donors (Lipinski definition) is 0. The second kappa shape index (κ2) is 12.0. The van der Waals surface area contributed by atoms with E-state index in [4.69, 9.17) is 0 Å². The minimum absolute atomic E-state index is 0.864. The summed E-state index contributed by atoms with van der Waals surface area (Å²) in [7, 11) is 0. The lowest BCUT2D eigenvalue weighted by atomic mass is 9.87. The lowest BCUT2D eigenvalue weighted by Crippen LogP contribution is -2.71. The Bertz CT molecular complexity index is 3750. The van der Waals surface area contributed by atoms with Crippen molar-refractivity contribution in [3.8, 4) is 0 Å². The van der Waals surface area contributed by atoms with Crippen LogP contribution in [0.2, 0.25) is 0 Å². The Balaban J connectivity index is 1.29. The van der Waals surface area contributed by atoms with Gasteiger partial charge in [0.2, 0.25) is 22.8 Å². The van der Waals surface area contributed by atoms with Gasteiger partial charge in [-0.05, 0) is 70.5 Å². The average Bonchev–Trinajstić information content (AvgIpc) is 4.12. The van der Waals surface area contributed by atoms with E-state index in [1.165, 1.54) is 134 Å². The molecule has 0 bridgehead atoms. The minimum atomic E-state index is -0.952. The summed E-state index contributed by atoms with van der Waals surface area (Å²) in [6, 6.07) is 72.8. The maximum atomic E-state index is 2.86. The fraction of sp³-hybridized carbons (Fsp3) is 0.0492. The van der Waals surface area contributed by atoms with E-state index in [2.05, 4.69) is 225 Å². The van der Waals surface area contributed by atoms with Crippen LogP contribution in [0, 0.1) is 0 Å².